The summed E-state index contributed by atoms with van der Waals surface area (Å²) in [4.78, 5) is 19.0. The predicted octanol–water partition coefficient (Wildman–Crippen LogP) is 3.32. The third-order valence-electron chi connectivity index (χ3n) is 5.85. The summed E-state index contributed by atoms with van der Waals surface area (Å²) in [6.45, 7) is 4.10. The summed E-state index contributed by atoms with van der Waals surface area (Å²) in [5.74, 6) is -0.706. The van der Waals surface area contributed by atoms with E-state index in [1.807, 2.05) is 31.9 Å². The molecular formula is C23H26F2N6O2. The molecule has 0 unspecified atom stereocenters. The van der Waals surface area contributed by atoms with E-state index in [-0.39, 0.29) is 24.1 Å². The van der Waals surface area contributed by atoms with E-state index in [2.05, 4.69) is 20.7 Å². The number of nitrogens with one attached hydrogen (secondary N) is 2. The number of carbonyl (C=O) groups is 1. The molecule has 2 aromatic heterocycles. The Morgan fingerprint density at radius 2 is 2.03 bits per heavy atom. The summed E-state index contributed by atoms with van der Waals surface area (Å²) >= 11 is 0. The molecule has 0 aliphatic carbocycles. The minimum Gasteiger partial charge on any atom is -0.379 e. The molecule has 3 aromatic rings. The van der Waals surface area contributed by atoms with E-state index in [0.29, 0.717) is 23.7 Å². The fourth-order valence-electron chi connectivity index (χ4n) is 3.98. The maximum atomic E-state index is 13.9. The van der Waals surface area contributed by atoms with E-state index >= 15 is 0 Å². The molecule has 10 heteroatoms. The van der Waals surface area contributed by atoms with Crippen LogP contribution in [-0.4, -0.2) is 47.0 Å². The van der Waals surface area contributed by atoms with E-state index in [0.717, 1.165) is 11.3 Å². The Bertz CT molecular complexity index is 1160. The van der Waals surface area contributed by atoms with Gasteiger partial charge in [-0.1, -0.05) is 6.07 Å². The van der Waals surface area contributed by atoms with Gasteiger partial charge in [-0.25, -0.2) is 13.8 Å². The van der Waals surface area contributed by atoms with Crippen molar-refractivity contribution < 1.29 is 18.3 Å². The van der Waals surface area contributed by atoms with Gasteiger partial charge in [0.2, 0.25) is 5.91 Å². The number of pyridine rings is 1. The van der Waals surface area contributed by atoms with Gasteiger partial charge in [0.1, 0.15) is 23.5 Å². The van der Waals surface area contributed by atoms with Crippen LogP contribution >= 0.6 is 0 Å². The number of rotatable bonds is 7. The Labute approximate surface area is 190 Å². The fourth-order valence-corrected chi connectivity index (χ4v) is 3.98. The topological polar surface area (TPSA) is 84.3 Å². The van der Waals surface area contributed by atoms with Crippen LogP contribution in [0, 0.1) is 18.6 Å². The van der Waals surface area contributed by atoms with E-state index in [9.17, 15) is 13.6 Å². The maximum absolute atomic E-state index is 13.9. The van der Waals surface area contributed by atoms with Gasteiger partial charge in [0.05, 0.1) is 35.9 Å². The summed E-state index contributed by atoms with van der Waals surface area (Å²) in [6, 6.07) is 5.20. The number of hydrogen-bond acceptors (Lipinski definition) is 6. The summed E-state index contributed by atoms with van der Waals surface area (Å²) in [5.41, 5.74) is 2.99. The molecule has 2 N–H and O–H groups in total. The molecule has 174 valence electrons. The standard InChI is InChI=1S/C23H26F2N6O2/c1-13-21-19(30(3)22(14(2)33-4)23(32)29-21)8-20(28-13)26-9-15-10-27-31(11-15)12-16-17(24)6-5-7-18(16)25/h5-8,10-11,14,22H,9,12H2,1-4H3,(H,26,28)(H,29,32)/t14-,22+/m1/s1. The van der Waals surface area contributed by atoms with Gasteiger partial charge >= 0.3 is 0 Å². The molecule has 0 radical (unpaired) electrons. The van der Waals surface area contributed by atoms with Crippen LogP contribution in [0.4, 0.5) is 26.0 Å². The molecule has 4 rings (SSSR count). The number of fused-ring (bicyclic) bond motifs is 1. The highest BCUT2D eigenvalue weighted by molar-refractivity contribution is 6.04. The largest absolute Gasteiger partial charge is 0.379 e. The van der Waals surface area contributed by atoms with E-state index < -0.39 is 17.7 Å². The third kappa shape index (κ3) is 4.51. The number of halogens is 2. The minimum atomic E-state index is -0.601. The average molecular weight is 456 g/mol. The molecule has 2 atom stereocenters. The smallest absolute Gasteiger partial charge is 0.249 e. The van der Waals surface area contributed by atoms with Gasteiger partial charge in [-0.05, 0) is 26.0 Å². The van der Waals surface area contributed by atoms with Crippen molar-refractivity contribution in [2.24, 2.45) is 0 Å². The molecule has 3 heterocycles. The van der Waals surface area contributed by atoms with Crippen LogP contribution in [0.15, 0.2) is 36.7 Å². The van der Waals surface area contributed by atoms with E-state index in [1.54, 1.807) is 19.5 Å². The molecule has 0 saturated heterocycles. The summed E-state index contributed by atoms with van der Waals surface area (Å²) in [5, 5.41) is 10.4. The quantitative estimate of drug-likeness (QED) is 0.568. The van der Waals surface area contributed by atoms with Crippen molar-refractivity contribution in [2.75, 3.05) is 29.7 Å². The zero-order chi connectivity index (χ0) is 23.7. The normalized spacial score (nSPS) is 16.4. The monoisotopic (exact) mass is 456 g/mol. The van der Waals surface area contributed by atoms with Crippen molar-refractivity contribution >= 4 is 23.1 Å². The van der Waals surface area contributed by atoms with Crippen LogP contribution in [0.5, 0.6) is 0 Å². The second kappa shape index (κ2) is 9.14. The maximum Gasteiger partial charge on any atom is 0.249 e. The third-order valence-corrected chi connectivity index (χ3v) is 5.85. The zero-order valence-corrected chi connectivity index (χ0v) is 18.9. The first-order valence-electron chi connectivity index (χ1n) is 10.5. The molecule has 0 bridgehead atoms. The lowest BCUT2D eigenvalue weighted by atomic mass is 10.0. The summed E-state index contributed by atoms with van der Waals surface area (Å²) in [7, 11) is 3.43. The highest BCUT2D eigenvalue weighted by Gasteiger charge is 2.36. The number of nitrogens with zero attached hydrogens (tertiary/aromatic N) is 4. The number of methoxy groups -OCH3 is 1. The molecule has 33 heavy (non-hydrogen) atoms. The Balaban J connectivity index is 1.49. The lowest BCUT2D eigenvalue weighted by Crippen LogP contribution is -2.52. The van der Waals surface area contributed by atoms with Crippen molar-refractivity contribution in [3.8, 4) is 0 Å². The Hall–Kier alpha value is -3.53. The Morgan fingerprint density at radius 1 is 1.30 bits per heavy atom. The SMILES string of the molecule is CO[C@H](C)[C@H]1C(=O)Nc2c(cc(NCc3cnn(Cc4c(F)cccc4F)c3)nc2C)N1C. The van der Waals surface area contributed by atoms with Crippen LogP contribution in [0.2, 0.25) is 0 Å². The van der Waals surface area contributed by atoms with Gasteiger partial charge in [-0.3, -0.25) is 9.48 Å². The number of amides is 1. The minimum absolute atomic E-state index is 0.00171. The number of anilines is 3. The van der Waals surface area contributed by atoms with Crippen LogP contribution in [0.25, 0.3) is 0 Å². The number of benzene rings is 1. The van der Waals surface area contributed by atoms with E-state index in [4.69, 9.17) is 4.74 Å². The number of carbonyl (C=O) groups excluding carboxylic acids is 1. The fraction of sp³-hybridized carbons (Fsp3) is 0.348. The lowest BCUT2D eigenvalue weighted by Gasteiger charge is -2.38. The molecule has 0 fully saturated rings. The van der Waals surface area contributed by atoms with Crippen molar-refractivity contribution in [2.45, 2.75) is 39.1 Å². The number of likely N-dealkylation sites (N-methyl/N-ethyl adjacent to an activating group) is 1. The average Bonchev–Trinajstić information content (AvgIpc) is 3.23. The molecule has 1 aromatic carbocycles. The molecule has 1 amide bonds. The number of aryl methyl sites for hydroxylation is 1. The molecule has 1 aliphatic rings. The second-order valence-corrected chi connectivity index (χ2v) is 8.07. The summed E-state index contributed by atoms with van der Waals surface area (Å²) in [6.07, 6.45) is 3.07. The van der Waals surface area contributed by atoms with Crippen molar-refractivity contribution in [3.05, 3.63) is 65.1 Å². The highest BCUT2D eigenvalue weighted by atomic mass is 19.1. The molecule has 1 aliphatic heterocycles. The zero-order valence-electron chi connectivity index (χ0n) is 18.9. The Kier molecular flexibility index (Phi) is 6.28. The van der Waals surface area contributed by atoms with Gasteiger partial charge in [-0.2, -0.15) is 5.10 Å². The molecule has 8 nitrogen and oxygen atoms in total. The number of ether oxygens (including phenoxy) is 1. The van der Waals surface area contributed by atoms with Crippen LogP contribution in [0.1, 0.15) is 23.7 Å². The Morgan fingerprint density at radius 3 is 2.73 bits per heavy atom. The molecule has 0 saturated carbocycles. The van der Waals surface area contributed by atoms with Gasteiger partial charge in [-0.15, -0.1) is 0 Å². The number of aromatic nitrogens is 3. The molecule has 0 spiro atoms. The van der Waals surface area contributed by atoms with Crippen molar-refractivity contribution in [1.82, 2.24) is 14.8 Å². The molecular weight excluding hydrogens is 430 g/mol. The second-order valence-electron chi connectivity index (χ2n) is 8.07. The van der Waals surface area contributed by atoms with Gasteiger partial charge in [0.25, 0.3) is 0 Å². The van der Waals surface area contributed by atoms with Crippen LogP contribution in [-0.2, 0) is 22.6 Å². The number of hydrogen-bond donors (Lipinski definition) is 2. The first-order chi connectivity index (χ1) is 15.8. The van der Waals surface area contributed by atoms with Gasteiger partial charge in [0, 0.05) is 44.1 Å². The van der Waals surface area contributed by atoms with Crippen molar-refractivity contribution in [1.29, 1.82) is 0 Å². The predicted molar refractivity (Wildman–Crippen MR) is 121 cm³/mol. The highest BCUT2D eigenvalue weighted by Crippen LogP contribution is 2.36. The van der Waals surface area contributed by atoms with Crippen molar-refractivity contribution in [3.63, 3.8) is 0 Å². The summed E-state index contributed by atoms with van der Waals surface area (Å²) < 4.78 is 34.7. The van der Waals surface area contributed by atoms with Gasteiger partial charge in [0.15, 0.2) is 0 Å². The lowest BCUT2D eigenvalue weighted by molar-refractivity contribution is -0.120. The first-order valence-corrected chi connectivity index (χ1v) is 10.5. The van der Waals surface area contributed by atoms with Crippen LogP contribution < -0.4 is 15.5 Å². The van der Waals surface area contributed by atoms with Crippen LogP contribution in [0.3, 0.4) is 0 Å². The van der Waals surface area contributed by atoms with E-state index in [1.165, 1.54) is 22.9 Å². The van der Waals surface area contributed by atoms with Gasteiger partial charge < -0.3 is 20.3 Å². The first kappa shape index (κ1) is 22.7.